The summed E-state index contributed by atoms with van der Waals surface area (Å²) in [6.07, 6.45) is 6.32. The molecule has 7 nitrogen and oxygen atoms in total. The first-order valence-corrected chi connectivity index (χ1v) is 11.0. The van der Waals surface area contributed by atoms with Crippen LogP contribution in [0.15, 0.2) is 24.3 Å². The van der Waals surface area contributed by atoms with Crippen molar-refractivity contribution in [2.45, 2.75) is 44.6 Å². The Hall–Kier alpha value is -1.64. The summed E-state index contributed by atoms with van der Waals surface area (Å²) in [6.45, 7) is 0.673. The number of rotatable bonds is 6. The standard InChI is InChI=1S/C19H29N3O4S/c1-21(2)27(24,25)22-13-5-6-15(14-22)19(23)20-16-9-11-18(12-10-16)26-17-7-3-4-8-17/h9-12,15,17H,3-8,13-14H2,1-2H3,(H,20,23). The average Bonchev–Trinajstić information content (AvgIpc) is 3.16. The van der Waals surface area contributed by atoms with Gasteiger partial charge in [0, 0.05) is 32.9 Å². The zero-order valence-corrected chi connectivity index (χ0v) is 16.9. The molecule has 1 unspecified atom stereocenters. The molecule has 1 saturated heterocycles. The highest BCUT2D eigenvalue weighted by Crippen LogP contribution is 2.26. The number of nitrogens with zero attached hydrogens (tertiary/aromatic N) is 2. The molecule has 1 amide bonds. The van der Waals surface area contributed by atoms with Gasteiger partial charge in [-0.3, -0.25) is 4.79 Å². The maximum Gasteiger partial charge on any atom is 0.281 e. The Balaban J connectivity index is 1.56. The number of hydrogen-bond acceptors (Lipinski definition) is 4. The fraction of sp³-hybridized carbons (Fsp3) is 0.632. The highest BCUT2D eigenvalue weighted by Gasteiger charge is 2.33. The van der Waals surface area contributed by atoms with E-state index in [1.54, 1.807) is 0 Å². The molecule has 1 aromatic rings. The average molecular weight is 396 g/mol. The fourth-order valence-electron chi connectivity index (χ4n) is 3.66. The van der Waals surface area contributed by atoms with Crippen molar-refractivity contribution in [3.63, 3.8) is 0 Å². The molecule has 1 N–H and O–H groups in total. The molecule has 27 heavy (non-hydrogen) atoms. The Bertz CT molecular complexity index is 743. The van der Waals surface area contributed by atoms with E-state index in [0.717, 1.165) is 18.6 Å². The van der Waals surface area contributed by atoms with Crippen LogP contribution in [0.4, 0.5) is 5.69 Å². The van der Waals surface area contributed by atoms with E-state index in [1.807, 2.05) is 24.3 Å². The zero-order valence-electron chi connectivity index (χ0n) is 16.1. The first kappa shape index (κ1) is 20.1. The minimum atomic E-state index is -3.49. The van der Waals surface area contributed by atoms with Crippen molar-refractivity contribution in [3.8, 4) is 5.75 Å². The summed E-state index contributed by atoms with van der Waals surface area (Å²) in [5.74, 6) is 0.335. The quantitative estimate of drug-likeness (QED) is 0.803. The molecule has 1 aliphatic heterocycles. The number of ether oxygens (including phenoxy) is 1. The molecule has 1 atom stereocenters. The Morgan fingerprint density at radius 1 is 1.11 bits per heavy atom. The van der Waals surface area contributed by atoms with Crippen LogP contribution in [0.25, 0.3) is 0 Å². The zero-order chi connectivity index (χ0) is 19.4. The lowest BCUT2D eigenvalue weighted by Crippen LogP contribution is -2.47. The van der Waals surface area contributed by atoms with Crippen molar-refractivity contribution in [2.75, 3.05) is 32.5 Å². The molecule has 0 spiro atoms. The predicted molar refractivity (Wildman–Crippen MR) is 105 cm³/mol. The van der Waals surface area contributed by atoms with Crippen molar-refractivity contribution in [2.24, 2.45) is 5.92 Å². The molecule has 0 bridgehead atoms. The highest BCUT2D eigenvalue weighted by molar-refractivity contribution is 7.86. The van der Waals surface area contributed by atoms with E-state index in [1.165, 1.54) is 35.5 Å². The van der Waals surface area contributed by atoms with Crippen molar-refractivity contribution in [3.05, 3.63) is 24.3 Å². The van der Waals surface area contributed by atoms with Gasteiger partial charge in [-0.2, -0.15) is 17.0 Å². The molecular weight excluding hydrogens is 366 g/mol. The molecule has 0 radical (unpaired) electrons. The molecule has 150 valence electrons. The van der Waals surface area contributed by atoms with Crippen molar-refractivity contribution >= 4 is 21.8 Å². The van der Waals surface area contributed by atoms with Gasteiger partial charge < -0.3 is 10.1 Å². The Kier molecular flexibility index (Phi) is 6.39. The number of piperidine rings is 1. The van der Waals surface area contributed by atoms with Gasteiger partial charge in [0.15, 0.2) is 0 Å². The Labute approximate surface area is 161 Å². The maximum absolute atomic E-state index is 12.6. The molecule has 1 aliphatic carbocycles. The first-order chi connectivity index (χ1) is 12.9. The van der Waals surface area contributed by atoms with Crippen LogP contribution in [0.3, 0.4) is 0 Å². The van der Waals surface area contributed by atoms with E-state index in [2.05, 4.69) is 5.32 Å². The summed E-state index contributed by atoms with van der Waals surface area (Å²) >= 11 is 0. The number of nitrogens with one attached hydrogen (secondary N) is 1. The lowest BCUT2D eigenvalue weighted by atomic mass is 9.99. The molecule has 1 heterocycles. The first-order valence-electron chi connectivity index (χ1n) is 9.61. The summed E-state index contributed by atoms with van der Waals surface area (Å²) < 4.78 is 33.1. The topological polar surface area (TPSA) is 79.0 Å². The number of carbonyl (C=O) groups is 1. The van der Waals surface area contributed by atoms with Crippen molar-refractivity contribution in [1.29, 1.82) is 0 Å². The summed E-state index contributed by atoms with van der Waals surface area (Å²) in [7, 11) is -0.470. The third-order valence-electron chi connectivity index (χ3n) is 5.27. The van der Waals surface area contributed by atoms with Gasteiger partial charge in [-0.25, -0.2) is 0 Å². The van der Waals surface area contributed by atoms with Crippen molar-refractivity contribution < 1.29 is 17.9 Å². The Morgan fingerprint density at radius 3 is 2.41 bits per heavy atom. The van der Waals surface area contributed by atoms with Crippen LogP contribution in [0.2, 0.25) is 0 Å². The highest BCUT2D eigenvalue weighted by atomic mass is 32.2. The normalized spacial score (nSPS) is 22.1. The van der Waals surface area contributed by atoms with Gasteiger partial charge >= 0.3 is 0 Å². The van der Waals surface area contributed by atoms with E-state index in [4.69, 9.17) is 4.74 Å². The molecule has 8 heteroatoms. The number of amides is 1. The van der Waals surface area contributed by atoms with Crippen molar-refractivity contribution in [1.82, 2.24) is 8.61 Å². The van der Waals surface area contributed by atoms with Gasteiger partial charge in [-0.1, -0.05) is 0 Å². The third-order valence-corrected chi connectivity index (χ3v) is 7.18. The van der Waals surface area contributed by atoms with Gasteiger partial charge in [0.05, 0.1) is 12.0 Å². The van der Waals surface area contributed by atoms with Crippen LogP contribution in [0.1, 0.15) is 38.5 Å². The van der Waals surface area contributed by atoms with Gasteiger partial charge in [0.25, 0.3) is 10.2 Å². The smallest absolute Gasteiger partial charge is 0.281 e. The van der Waals surface area contributed by atoms with E-state index < -0.39 is 10.2 Å². The summed E-state index contributed by atoms with van der Waals surface area (Å²) in [5, 5.41) is 2.90. The second-order valence-electron chi connectivity index (χ2n) is 7.53. The molecule has 1 aromatic carbocycles. The van der Waals surface area contributed by atoms with Gasteiger partial charge in [-0.15, -0.1) is 0 Å². The van der Waals surface area contributed by atoms with Crippen LogP contribution < -0.4 is 10.1 Å². The number of benzene rings is 1. The second-order valence-corrected chi connectivity index (χ2v) is 9.67. The van der Waals surface area contributed by atoms with Crippen LogP contribution in [0.5, 0.6) is 5.75 Å². The fourth-order valence-corrected chi connectivity index (χ4v) is 4.85. The summed E-state index contributed by atoms with van der Waals surface area (Å²) in [6, 6.07) is 7.41. The molecule has 0 aromatic heterocycles. The lowest BCUT2D eigenvalue weighted by molar-refractivity contribution is -0.120. The minimum absolute atomic E-state index is 0.141. The summed E-state index contributed by atoms with van der Waals surface area (Å²) in [5.41, 5.74) is 0.700. The SMILES string of the molecule is CN(C)S(=O)(=O)N1CCCC(C(=O)Nc2ccc(OC3CCCC3)cc2)C1. The molecular formula is C19H29N3O4S. The monoisotopic (exact) mass is 395 g/mol. The van der Waals surface area contributed by atoms with Crippen LogP contribution >= 0.6 is 0 Å². The van der Waals surface area contributed by atoms with Gasteiger partial charge in [0.1, 0.15) is 5.75 Å². The largest absolute Gasteiger partial charge is 0.490 e. The predicted octanol–water partition coefficient (Wildman–Crippen LogP) is 2.46. The summed E-state index contributed by atoms with van der Waals surface area (Å²) in [4.78, 5) is 12.6. The third kappa shape index (κ3) is 5.00. The molecule has 2 aliphatic rings. The second kappa shape index (κ2) is 8.58. The Morgan fingerprint density at radius 2 is 1.78 bits per heavy atom. The molecule has 1 saturated carbocycles. The van der Waals surface area contributed by atoms with Crippen LogP contribution in [0, 0.1) is 5.92 Å². The molecule has 3 rings (SSSR count). The maximum atomic E-state index is 12.6. The van der Waals surface area contributed by atoms with E-state index >= 15 is 0 Å². The van der Waals surface area contributed by atoms with Crippen LogP contribution in [-0.4, -0.2) is 56.2 Å². The number of anilines is 1. The van der Waals surface area contributed by atoms with Crippen LogP contribution in [-0.2, 0) is 15.0 Å². The number of carbonyl (C=O) groups excluding carboxylic acids is 1. The van der Waals surface area contributed by atoms with E-state index in [9.17, 15) is 13.2 Å². The van der Waals surface area contributed by atoms with Gasteiger partial charge in [-0.05, 0) is 62.8 Å². The van der Waals surface area contributed by atoms with Gasteiger partial charge in [0.2, 0.25) is 5.91 Å². The minimum Gasteiger partial charge on any atom is -0.490 e. The lowest BCUT2D eigenvalue weighted by Gasteiger charge is -2.32. The number of hydrogen-bond donors (Lipinski definition) is 1. The van der Waals surface area contributed by atoms with E-state index in [0.29, 0.717) is 31.2 Å². The van der Waals surface area contributed by atoms with E-state index in [-0.39, 0.29) is 18.4 Å². The molecule has 2 fully saturated rings.